The molecule has 0 saturated carbocycles. The molecule has 1 aromatic carbocycles. The Kier molecular flexibility index (Phi) is 6.75. The highest BCUT2D eigenvalue weighted by Crippen LogP contribution is 2.26. The van der Waals surface area contributed by atoms with E-state index < -0.39 is 0 Å². The first-order valence-corrected chi connectivity index (χ1v) is 6.64. The van der Waals surface area contributed by atoms with Crippen molar-refractivity contribution in [2.24, 2.45) is 5.92 Å². The summed E-state index contributed by atoms with van der Waals surface area (Å²) in [5.41, 5.74) is 0.527. The Hall–Kier alpha value is -1.33. The van der Waals surface area contributed by atoms with Crippen LogP contribution < -0.4 is 15.4 Å². The Balaban J connectivity index is 0.00000200. The van der Waals surface area contributed by atoms with E-state index in [-0.39, 0.29) is 30.0 Å². The normalized spacial score (nSPS) is 18.0. The van der Waals surface area contributed by atoms with Crippen molar-refractivity contribution < 1.29 is 13.9 Å². The fraction of sp³-hybridized carbons (Fsp3) is 0.500. The molecule has 0 spiro atoms. The van der Waals surface area contributed by atoms with Crippen LogP contribution in [0, 0.1) is 11.7 Å². The summed E-state index contributed by atoms with van der Waals surface area (Å²) in [4.78, 5) is 12.1. The molecule has 1 aliphatic rings. The van der Waals surface area contributed by atoms with Gasteiger partial charge in [0, 0.05) is 12.6 Å². The molecule has 112 valence electrons. The van der Waals surface area contributed by atoms with Crippen LogP contribution in [0.3, 0.4) is 0 Å². The van der Waals surface area contributed by atoms with Gasteiger partial charge in [0.2, 0.25) is 5.91 Å². The van der Waals surface area contributed by atoms with Gasteiger partial charge in [0.05, 0.1) is 18.2 Å². The van der Waals surface area contributed by atoms with E-state index in [1.165, 1.54) is 18.2 Å². The average Bonchev–Trinajstić information content (AvgIpc) is 2.43. The molecule has 1 atom stereocenters. The van der Waals surface area contributed by atoms with Crippen molar-refractivity contribution >= 4 is 24.0 Å². The molecule has 0 bridgehead atoms. The largest absolute Gasteiger partial charge is 0.492 e. The van der Waals surface area contributed by atoms with Gasteiger partial charge in [0.1, 0.15) is 11.6 Å². The third-order valence-electron chi connectivity index (χ3n) is 3.17. The Bertz CT molecular complexity index is 451. The highest BCUT2D eigenvalue weighted by Gasteiger charge is 2.21. The van der Waals surface area contributed by atoms with E-state index in [1.807, 2.05) is 6.92 Å². The lowest BCUT2D eigenvalue weighted by atomic mass is 9.99. The fourth-order valence-corrected chi connectivity index (χ4v) is 2.18. The smallest absolute Gasteiger partial charge is 0.228 e. The number of hydrogen-bond acceptors (Lipinski definition) is 3. The van der Waals surface area contributed by atoms with Crippen molar-refractivity contribution in [3.8, 4) is 5.75 Å². The first kappa shape index (κ1) is 16.7. The van der Waals surface area contributed by atoms with Gasteiger partial charge in [-0.1, -0.05) is 0 Å². The lowest BCUT2D eigenvalue weighted by Gasteiger charge is -2.22. The topological polar surface area (TPSA) is 50.4 Å². The first-order valence-electron chi connectivity index (χ1n) is 6.64. The maximum atomic E-state index is 13.2. The predicted molar refractivity (Wildman–Crippen MR) is 79.0 cm³/mol. The number of carbonyl (C=O) groups is 1. The Morgan fingerprint density at radius 3 is 3.00 bits per heavy atom. The van der Waals surface area contributed by atoms with E-state index in [2.05, 4.69) is 10.6 Å². The summed E-state index contributed by atoms with van der Waals surface area (Å²) in [7, 11) is 0. The van der Waals surface area contributed by atoms with Crippen molar-refractivity contribution in [3.63, 3.8) is 0 Å². The zero-order valence-corrected chi connectivity index (χ0v) is 12.3. The van der Waals surface area contributed by atoms with Gasteiger partial charge in [0.15, 0.2) is 0 Å². The third-order valence-corrected chi connectivity index (χ3v) is 3.17. The molecule has 6 heteroatoms. The van der Waals surface area contributed by atoms with E-state index in [4.69, 9.17) is 4.74 Å². The number of nitrogens with one attached hydrogen (secondary N) is 2. The van der Waals surface area contributed by atoms with Crippen molar-refractivity contribution in [3.05, 3.63) is 24.0 Å². The second-order valence-corrected chi connectivity index (χ2v) is 4.61. The lowest BCUT2D eigenvalue weighted by Crippen LogP contribution is -2.37. The van der Waals surface area contributed by atoms with Gasteiger partial charge in [-0.3, -0.25) is 4.79 Å². The van der Waals surface area contributed by atoms with E-state index >= 15 is 0 Å². The van der Waals surface area contributed by atoms with Crippen LogP contribution in [0.1, 0.15) is 19.8 Å². The van der Waals surface area contributed by atoms with Crippen LogP contribution in [0.5, 0.6) is 5.75 Å². The number of benzene rings is 1. The molecule has 1 saturated heterocycles. The zero-order valence-electron chi connectivity index (χ0n) is 11.4. The number of hydrogen-bond donors (Lipinski definition) is 2. The van der Waals surface area contributed by atoms with Crippen LogP contribution in [0.4, 0.5) is 10.1 Å². The van der Waals surface area contributed by atoms with Crippen LogP contribution in [-0.2, 0) is 4.79 Å². The van der Waals surface area contributed by atoms with Gasteiger partial charge in [0.25, 0.3) is 0 Å². The van der Waals surface area contributed by atoms with Crippen LogP contribution in [0.25, 0.3) is 0 Å². The second kappa shape index (κ2) is 8.07. The predicted octanol–water partition coefficient (Wildman–Crippen LogP) is 2.58. The van der Waals surface area contributed by atoms with Crippen LogP contribution in [0.15, 0.2) is 18.2 Å². The van der Waals surface area contributed by atoms with E-state index in [0.717, 1.165) is 19.4 Å². The monoisotopic (exact) mass is 302 g/mol. The van der Waals surface area contributed by atoms with Gasteiger partial charge in [-0.15, -0.1) is 12.4 Å². The third kappa shape index (κ3) is 4.35. The summed E-state index contributed by atoms with van der Waals surface area (Å²) in [6.45, 7) is 3.90. The summed E-state index contributed by atoms with van der Waals surface area (Å²) in [6.07, 6.45) is 1.88. The van der Waals surface area contributed by atoms with Gasteiger partial charge in [-0.05, 0) is 38.4 Å². The highest BCUT2D eigenvalue weighted by molar-refractivity contribution is 5.94. The van der Waals surface area contributed by atoms with Crippen molar-refractivity contribution in [1.82, 2.24) is 5.32 Å². The molecule has 0 unspecified atom stereocenters. The first-order chi connectivity index (χ1) is 9.20. The summed E-state index contributed by atoms with van der Waals surface area (Å²) in [6, 6.07) is 4.14. The molecular formula is C14H20ClFN2O2. The molecule has 1 heterocycles. The van der Waals surface area contributed by atoms with Crippen LogP contribution in [-0.4, -0.2) is 25.6 Å². The molecule has 1 fully saturated rings. The Morgan fingerprint density at radius 2 is 2.35 bits per heavy atom. The molecular weight excluding hydrogens is 283 g/mol. The number of piperidine rings is 1. The lowest BCUT2D eigenvalue weighted by molar-refractivity contribution is -0.120. The van der Waals surface area contributed by atoms with Crippen molar-refractivity contribution in [1.29, 1.82) is 0 Å². The van der Waals surface area contributed by atoms with E-state index in [1.54, 1.807) is 0 Å². The molecule has 2 N–H and O–H groups in total. The minimum absolute atomic E-state index is 0. The maximum Gasteiger partial charge on any atom is 0.228 e. The molecule has 1 aromatic rings. The van der Waals surface area contributed by atoms with Crippen molar-refractivity contribution in [2.45, 2.75) is 19.8 Å². The van der Waals surface area contributed by atoms with Gasteiger partial charge in [-0.25, -0.2) is 4.39 Å². The average molecular weight is 303 g/mol. The van der Waals surface area contributed by atoms with Gasteiger partial charge in [-0.2, -0.15) is 0 Å². The number of rotatable bonds is 4. The minimum Gasteiger partial charge on any atom is -0.492 e. The zero-order chi connectivity index (χ0) is 13.7. The van der Waals surface area contributed by atoms with Crippen LogP contribution in [0.2, 0.25) is 0 Å². The van der Waals surface area contributed by atoms with Crippen LogP contribution >= 0.6 is 12.4 Å². The van der Waals surface area contributed by atoms with E-state index in [0.29, 0.717) is 24.6 Å². The number of carbonyl (C=O) groups excluding carboxylic acids is 1. The molecule has 0 radical (unpaired) electrons. The summed E-state index contributed by atoms with van der Waals surface area (Å²) in [5, 5.41) is 6.02. The van der Waals surface area contributed by atoms with Crippen molar-refractivity contribution in [2.75, 3.05) is 25.0 Å². The molecule has 0 aliphatic carbocycles. The SMILES string of the molecule is CCOc1cc(F)ccc1NC(=O)[C@@H]1CCCNC1.Cl. The molecule has 0 aromatic heterocycles. The molecule has 1 aliphatic heterocycles. The Morgan fingerprint density at radius 1 is 1.55 bits per heavy atom. The number of halogens is 2. The summed E-state index contributed by atoms with van der Waals surface area (Å²) in [5.74, 6) is -0.0755. The standard InChI is InChI=1S/C14H19FN2O2.ClH/c1-2-19-13-8-11(15)5-6-12(13)17-14(18)10-4-3-7-16-9-10;/h5-6,8,10,16H,2-4,7,9H2,1H3,(H,17,18);1H/t10-;/m1./s1. The Labute approximate surface area is 124 Å². The second-order valence-electron chi connectivity index (χ2n) is 4.61. The minimum atomic E-state index is -0.374. The molecule has 1 amide bonds. The number of anilines is 1. The molecule has 4 nitrogen and oxygen atoms in total. The number of amides is 1. The summed E-state index contributed by atoms with van der Waals surface area (Å²) < 4.78 is 18.5. The quantitative estimate of drug-likeness (QED) is 0.899. The van der Waals surface area contributed by atoms with Gasteiger partial charge < -0.3 is 15.4 Å². The van der Waals surface area contributed by atoms with E-state index in [9.17, 15) is 9.18 Å². The molecule has 20 heavy (non-hydrogen) atoms. The summed E-state index contributed by atoms with van der Waals surface area (Å²) >= 11 is 0. The fourth-order valence-electron chi connectivity index (χ4n) is 2.18. The van der Waals surface area contributed by atoms with Gasteiger partial charge >= 0.3 is 0 Å². The highest BCUT2D eigenvalue weighted by atomic mass is 35.5. The maximum absolute atomic E-state index is 13.2. The number of ether oxygens (including phenoxy) is 1. The molecule has 2 rings (SSSR count).